The largest absolute Gasteiger partial charge is 0.600 e. The number of carbonyl (C=O) groups is 1. The first-order chi connectivity index (χ1) is 8.49. The fourth-order valence-electron chi connectivity index (χ4n) is 1.72. The Bertz CT molecular complexity index is 490. The smallest absolute Gasteiger partial charge is 0.363 e. The minimum absolute atomic E-state index is 0.0530. The van der Waals surface area contributed by atoms with E-state index in [2.05, 4.69) is 4.99 Å². The second-order valence-electron chi connectivity index (χ2n) is 3.91. The van der Waals surface area contributed by atoms with Crippen molar-refractivity contribution in [3.05, 3.63) is 40.8 Å². The zero-order valence-electron chi connectivity index (χ0n) is 9.53. The molecule has 0 aromatic carbocycles. The molecule has 1 heterocycles. The van der Waals surface area contributed by atoms with Crippen LogP contribution in [0.25, 0.3) is 0 Å². The number of hydroxylamine groups is 2. The molecule has 18 heavy (non-hydrogen) atoms. The van der Waals surface area contributed by atoms with Gasteiger partial charge in [0.1, 0.15) is 6.10 Å². The van der Waals surface area contributed by atoms with Gasteiger partial charge in [0.25, 0.3) is 0 Å². The summed E-state index contributed by atoms with van der Waals surface area (Å²) >= 11 is 0. The first-order valence-electron chi connectivity index (χ1n) is 5.27. The predicted molar refractivity (Wildman–Crippen MR) is 60.4 cm³/mol. The Labute approximate surface area is 103 Å². The fraction of sp³-hybridized carbons (Fsp3) is 0.273. The lowest BCUT2D eigenvalue weighted by Crippen LogP contribution is -3.10. The number of hydrogen-bond acceptors (Lipinski definition) is 6. The SMILES string of the molecule is CC1=N/C(=C/C2=CC=C[C@H]([NH+]([O-])O)[C@@H]2O)C(=O)O1. The molecule has 0 bridgehead atoms. The number of cyclic esters (lactones) is 1. The Morgan fingerprint density at radius 1 is 1.61 bits per heavy atom. The maximum absolute atomic E-state index is 11.3. The number of ether oxygens (including phenoxy) is 1. The van der Waals surface area contributed by atoms with Crippen LogP contribution in [-0.4, -0.2) is 34.3 Å². The van der Waals surface area contributed by atoms with E-state index in [4.69, 9.17) is 9.94 Å². The van der Waals surface area contributed by atoms with Gasteiger partial charge in [0, 0.05) is 6.92 Å². The molecule has 3 atom stereocenters. The van der Waals surface area contributed by atoms with E-state index >= 15 is 0 Å². The van der Waals surface area contributed by atoms with Crippen molar-refractivity contribution in [2.75, 3.05) is 0 Å². The number of nitrogens with one attached hydrogen (secondary N) is 1. The summed E-state index contributed by atoms with van der Waals surface area (Å²) in [6.07, 6.45) is 4.57. The lowest BCUT2D eigenvalue weighted by molar-refractivity contribution is -1.06. The van der Waals surface area contributed by atoms with Crippen molar-refractivity contribution in [3.63, 3.8) is 0 Å². The molecule has 0 saturated heterocycles. The molecular weight excluding hydrogens is 240 g/mol. The summed E-state index contributed by atoms with van der Waals surface area (Å²) in [6.45, 7) is 1.53. The van der Waals surface area contributed by atoms with Gasteiger partial charge < -0.3 is 15.1 Å². The van der Waals surface area contributed by atoms with Crippen LogP contribution in [0.3, 0.4) is 0 Å². The highest BCUT2D eigenvalue weighted by Gasteiger charge is 2.29. The van der Waals surface area contributed by atoms with Crippen molar-refractivity contribution in [2.45, 2.75) is 19.1 Å². The molecule has 1 unspecified atom stereocenters. The Kier molecular flexibility index (Phi) is 3.39. The van der Waals surface area contributed by atoms with Gasteiger partial charge in [0.2, 0.25) is 0 Å². The number of carbonyl (C=O) groups excluding carboxylic acids is 1. The van der Waals surface area contributed by atoms with Crippen LogP contribution in [0.1, 0.15) is 6.92 Å². The first-order valence-corrected chi connectivity index (χ1v) is 5.27. The number of nitrogens with zero attached hydrogens (tertiary/aromatic N) is 1. The second kappa shape index (κ2) is 4.83. The number of rotatable bonds is 2. The van der Waals surface area contributed by atoms with E-state index in [0.29, 0.717) is 5.57 Å². The molecule has 0 saturated carbocycles. The third-order valence-electron chi connectivity index (χ3n) is 2.60. The van der Waals surface area contributed by atoms with E-state index in [1.54, 1.807) is 0 Å². The molecule has 2 rings (SSSR count). The summed E-state index contributed by atoms with van der Waals surface area (Å²) in [5.41, 5.74) is 0.368. The number of quaternary nitrogens is 1. The van der Waals surface area contributed by atoms with Crippen LogP contribution in [0.4, 0.5) is 0 Å². The Morgan fingerprint density at radius 3 is 2.89 bits per heavy atom. The van der Waals surface area contributed by atoms with Crippen LogP contribution < -0.4 is 5.23 Å². The zero-order valence-corrected chi connectivity index (χ0v) is 9.53. The van der Waals surface area contributed by atoms with Gasteiger partial charge >= 0.3 is 5.97 Å². The van der Waals surface area contributed by atoms with E-state index in [0.717, 1.165) is 0 Å². The van der Waals surface area contributed by atoms with Crippen LogP contribution in [-0.2, 0) is 9.53 Å². The molecule has 1 aliphatic carbocycles. The molecule has 7 heteroatoms. The van der Waals surface area contributed by atoms with Crippen LogP contribution in [0.2, 0.25) is 0 Å². The minimum Gasteiger partial charge on any atom is -0.600 e. The first kappa shape index (κ1) is 12.7. The van der Waals surface area contributed by atoms with Crippen molar-refractivity contribution in [1.29, 1.82) is 0 Å². The molecule has 1 aliphatic heterocycles. The third kappa shape index (κ3) is 2.39. The quantitative estimate of drug-likeness (QED) is 0.326. The van der Waals surface area contributed by atoms with Crippen molar-refractivity contribution < 1.29 is 25.1 Å². The van der Waals surface area contributed by atoms with Gasteiger partial charge in [-0.25, -0.2) is 20.2 Å². The van der Waals surface area contributed by atoms with Crippen LogP contribution >= 0.6 is 0 Å². The second-order valence-corrected chi connectivity index (χ2v) is 3.91. The molecule has 0 radical (unpaired) electrons. The summed E-state index contributed by atoms with van der Waals surface area (Å²) in [6, 6.07) is -1.02. The monoisotopic (exact) mass is 252 g/mol. The highest BCUT2D eigenvalue weighted by molar-refractivity contribution is 6.04. The van der Waals surface area contributed by atoms with Crippen molar-refractivity contribution in [2.24, 2.45) is 4.99 Å². The van der Waals surface area contributed by atoms with Crippen LogP contribution in [0, 0.1) is 5.21 Å². The summed E-state index contributed by atoms with van der Waals surface area (Å²) in [5, 5.41) is 28.5. The third-order valence-corrected chi connectivity index (χ3v) is 2.60. The average Bonchev–Trinajstić information content (AvgIpc) is 2.60. The van der Waals surface area contributed by atoms with Gasteiger partial charge in [-0.2, -0.15) is 0 Å². The number of aliphatic imine (C=N–C) groups is 1. The van der Waals surface area contributed by atoms with E-state index in [1.807, 2.05) is 0 Å². The minimum atomic E-state index is -1.20. The molecule has 0 aromatic heterocycles. The van der Waals surface area contributed by atoms with Gasteiger partial charge in [0.05, 0.1) is 0 Å². The van der Waals surface area contributed by atoms with Gasteiger partial charge in [-0.05, 0) is 17.7 Å². The number of esters is 1. The van der Waals surface area contributed by atoms with Gasteiger partial charge in [-0.3, -0.25) is 0 Å². The molecule has 96 valence electrons. The molecule has 0 spiro atoms. The van der Waals surface area contributed by atoms with Gasteiger partial charge in [-0.1, -0.05) is 12.2 Å². The Hall–Kier alpha value is -1.80. The molecule has 2 aliphatic rings. The number of aliphatic hydroxyl groups excluding tert-OH is 1. The maximum Gasteiger partial charge on any atom is 0.363 e. The average molecular weight is 252 g/mol. The fourth-order valence-corrected chi connectivity index (χ4v) is 1.72. The molecule has 0 fully saturated rings. The summed E-state index contributed by atoms with van der Waals surface area (Å²) in [7, 11) is 0. The normalized spacial score (nSPS) is 31.1. The summed E-state index contributed by atoms with van der Waals surface area (Å²) in [5.74, 6) is -0.385. The zero-order chi connectivity index (χ0) is 13.3. The maximum atomic E-state index is 11.3. The van der Waals surface area contributed by atoms with Crippen molar-refractivity contribution in [1.82, 2.24) is 0 Å². The van der Waals surface area contributed by atoms with Crippen LogP contribution in [0.15, 0.2) is 40.6 Å². The van der Waals surface area contributed by atoms with Crippen molar-refractivity contribution in [3.8, 4) is 0 Å². The highest BCUT2D eigenvalue weighted by atomic mass is 16.8. The lowest BCUT2D eigenvalue weighted by atomic mass is 9.96. The Morgan fingerprint density at radius 2 is 2.33 bits per heavy atom. The standard InChI is InChI=1S/C11H12N2O5/c1-6-12-8(11(15)18-6)5-7-3-2-4-9(10(7)14)13(16)17/h2-5,9-10,13-14,16H,1H3/b8-5+/t9-,10+/m0/s1. The Balaban J connectivity index is 2.25. The number of hydrogen-bond donors (Lipinski definition) is 3. The number of aliphatic hydroxyl groups is 1. The molecular formula is C11H12N2O5. The molecule has 7 nitrogen and oxygen atoms in total. The molecule has 0 aromatic rings. The van der Waals surface area contributed by atoms with Crippen LogP contribution in [0.5, 0.6) is 0 Å². The van der Waals surface area contributed by atoms with E-state index in [-0.39, 0.29) is 11.6 Å². The molecule has 0 amide bonds. The summed E-state index contributed by atoms with van der Waals surface area (Å²) < 4.78 is 4.72. The lowest BCUT2D eigenvalue weighted by Gasteiger charge is -2.28. The topological polar surface area (TPSA) is 107 Å². The van der Waals surface area contributed by atoms with Gasteiger partial charge in [-0.15, -0.1) is 0 Å². The summed E-state index contributed by atoms with van der Waals surface area (Å²) in [4.78, 5) is 15.2. The van der Waals surface area contributed by atoms with Gasteiger partial charge in [0.15, 0.2) is 17.6 Å². The van der Waals surface area contributed by atoms with Crippen molar-refractivity contribution >= 4 is 11.9 Å². The molecule has 3 N–H and O–H groups in total. The van der Waals surface area contributed by atoms with E-state index in [9.17, 15) is 15.1 Å². The predicted octanol–water partition coefficient (Wildman–Crippen LogP) is -1.16. The van der Waals surface area contributed by atoms with E-state index in [1.165, 1.54) is 31.2 Å². The van der Waals surface area contributed by atoms with E-state index < -0.39 is 23.3 Å². The number of allylic oxidation sites excluding steroid dienone is 2. The highest BCUT2D eigenvalue weighted by Crippen LogP contribution is 2.19.